The molecule has 0 bridgehead atoms. The van der Waals surface area contributed by atoms with Crippen LogP contribution in [0.25, 0.3) is 0 Å². The first-order valence-electron chi connectivity index (χ1n) is 6.62. The van der Waals surface area contributed by atoms with E-state index < -0.39 is 5.97 Å². The molecule has 0 saturated heterocycles. The Balaban J connectivity index is 2.25. The fourth-order valence-corrected chi connectivity index (χ4v) is 2.40. The number of urea groups is 1. The average molecular weight is 274 g/mol. The van der Waals surface area contributed by atoms with Crippen LogP contribution in [-0.2, 0) is 6.42 Å². The van der Waals surface area contributed by atoms with Gasteiger partial charge in [0.1, 0.15) is 0 Å². The second kappa shape index (κ2) is 5.77. The molecule has 1 N–H and O–H groups in total. The van der Waals surface area contributed by atoms with E-state index in [4.69, 9.17) is 5.11 Å². The van der Waals surface area contributed by atoms with Crippen molar-refractivity contribution in [3.63, 3.8) is 0 Å². The molecule has 1 aromatic rings. The van der Waals surface area contributed by atoms with Crippen molar-refractivity contribution in [2.45, 2.75) is 13.3 Å². The average Bonchev–Trinajstić information content (AvgIpc) is 2.86. The number of anilines is 1. The minimum atomic E-state index is -0.945. The third kappa shape index (κ3) is 2.52. The summed E-state index contributed by atoms with van der Waals surface area (Å²) in [5, 5.41) is 8.99. The number of carbonyl (C=O) groups excluding carboxylic acids is 1. The number of nitrogens with zero attached hydrogens (tertiary/aromatic N) is 2. The van der Waals surface area contributed by atoms with Crippen molar-refractivity contribution < 1.29 is 14.7 Å². The third-order valence-corrected chi connectivity index (χ3v) is 3.45. The van der Waals surface area contributed by atoms with Crippen LogP contribution in [0.2, 0.25) is 0 Å². The molecular weight excluding hydrogens is 256 g/mol. The van der Waals surface area contributed by atoms with Gasteiger partial charge in [0.2, 0.25) is 0 Å². The summed E-state index contributed by atoms with van der Waals surface area (Å²) in [5.41, 5.74) is 1.98. The van der Waals surface area contributed by atoms with Crippen LogP contribution in [-0.4, -0.2) is 41.6 Å². The molecule has 0 aromatic heterocycles. The molecule has 0 spiro atoms. The van der Waals surface area contributed by atoms with Crippen LogP contribution >= 0.6 is 0 Å². The zero-order valence-corrected chi connectivity index (χ0v) is 11.5. The predicted molar refractivity (Wildman–Crippen MR) is 77.3 cm³/mol. The van der Waals surface area contributed by atoms with Crippen molar-refractivity contribution in [2.75, 3.05) is 24.5 Å². The number of carbonyl (C=O) groups is 2. The molecular formula is C15H18N2O3. The van der Waals surface area contributed by atoms with Crippen LogP contribution in [0.1, 0.15) is 22.8 Å². The fraction of sp³-hybridized carbons (Fsp3) is 0.333. The summed E-state index contributed by atoms with van der Waals surface area (Å²) >= 11 is 0. The Labute approximate surface area is 118 Å². The quantitative estimate of drug-likeness (QED) is 0.857. The van der Waals surface area contributed by atoms with Gasteiger partial charge in [-0.05, 0) is 37.1 Å². The van der Waals surface area contributed by atoms with Gasteiger partial charge in [-0.1, -0.05) is 6.08 Å². The SMILES string of the molecule is C=CCN(CC)C(=O)N1CCc2cc(C(=O)O)ccc21. The highest BCUT2D eigenvalue weighted by atomic mass is 16.4. The van der Waals surface area contributed by atoms with Gasteiger partial charge in [-0.25, -0.2) is 9.59 Å². The second-order valence-corrected chi connectivity index (χ2v) is 4.66. The zero-order valence-electron chi connectivity index (χ0n) is 11.5. The molecule has 2 amide bonds. The van der Waals surface area contributed by atoms with Gasteiger partial charge in [0.05, 0.1) is 5.56 Å². The van der Waals surface area contributed by atoms with E-state index in [0.717, 1.165) is 11.3 Å². The Morgan fingerprint density at radius 1 is 1.50 bits per heavy atom. The Bertz CT molecular complexity index is 554. The number of hydrogen-bond donors (Lipinski definition) is 1. The summed E-state index contributed by atoms with van der Waals surface area (Å²) in [6, 6.07) is 4.84. The zero-order chi connectivity index (χ0) is 14.7. The van der Waals surface area contributed by atoms with Crippen LogP contribution in [0, 0.1) is 0 Å². The number of amides is 2. The summed E-state index contributed by atoms with van der Waals surface area (Å²) in [5.74, 6) is -0.945. The maximum atomic E-state index is 12.4. The monoisotopic (exact) mass is 274 g/mol. The minimum absolute atomic E-state index is 0.0609. The van der Waals surface area contributed by atoms with Gasteiger partial charge in [0.15, 0.2) is 0 Å². The maximum absolute atomic E-state index is 12.4. The first kappa shape index (κ1) is 14.1. The van der Waals surface area contributed by atoms with Gasteiger partial charge in [0.25, 0.3) is 0 Å². The van der Waals surface area contributed by atoms with Gasteiger partial charge in [-0.2, -0.15) is 0 Å². The number of benzene rings is 1. The van der Waals surface area contributed by atoms with Crippen LogP contribution in [0.3, 0.4) is 0 Å². The molecule has 0 saturated carbocycles. The Kier molecular flexibility index (Phi) is 4.08. The van der Waals surface area contributed by atoms with E-state index in [-0.39, 0.29) is 11.6 Å². The standard InChI is InChI=1S/C15H18N2O3/c1-3-8-16(4-2)15(20)17-9-7-11-10-12(14(18)19)5-6-13(11)17/h3,5-6,10H,1,4,7-9H2,2H3,(H,18,19). The molecule has 1 aliphatic rings. The predicted octanol–water partition coefficient (Wildman–Crippen LogP) is 2.38. The number of fused-ring (bicyclic) bond motifs is 1. The molecule has 0 fully saturated rings. The second-order valence-electron chi connectivity index (χ2n) is 4.66. The van der Waals surface area contributed by atoms with Gasteiger partial charge < -0.3 is 10.0 Å². The number of likely N-dealkylation sites (N-methyl/N-ethyl adjacent to an activating group) is 1. The molecule has 0 radical (unpaired) electrons. The molecule has 0 unspecified atom stereocenters. The van der Waals surface area contributed by atoms with Gasteiger partial charge >= 0.3 is 12.0 Å². The number of rotatable bonds is 4. The molecule has 1 aromatic carbocycles. The van der Waals surface area contributed by atoms with Gasteiger partial charge in [-0.3, -0.25) is 4.90 Å². The lowest BCUT2D eigenvalue weighted by atomic mass is 10.1. The van der Waals surface area contributed by atoms with E-state index in [9.17, 15) is 9.59 Å². The van der Waals surface area contributed by atoms with Crippen molar-refractivity contribution >= 4 is 17.7 Å². The van der Waals surface area contributed by atoms with E-state index >= 15 is 0 Å². The highest BCUT2D eigenvalue weighted by Crippen LogP contribution is 2.29. The lowest BCUT2D eigenvalue weighted by molar-refractivity contribution is 0.0697. The molecule has 0 aliphatic carbocycles. The van der Waals surface area contributed by atoms with E-state index in [1.165, 1.54) is 6.07 Å². The fourth-order valence-electron chi connectivity index (χ4n) is 2.40. The van der Waals surface area contributed by atoms with Crippen LogP contribution in [0.4, 0.5) is 10.5 Å². The molecule has 106 valence electrons. The maximum Gasteiger partial charge on any atom is 0.335 e. The number of aromatic carboxylic acids is 1. The summed E-state index contributed by atoms with van der Waals surface area (Å²) in [6.07, 6.45) is 2.39. The Morgan fingerprint density at radius 2 is 2.25 bits per heavy atom. The van der Waals surface area contributed by atoms with Crippen LogP contribution in [0.5, 0.6) is 0 Å². The Morgan fingerprint density at radius 3 is 2.85 bits per heavy atom. The smallest absolute Gasteiger partial charge is 0.335 e. The van der Waals surface area contributed by atoms with Crippen molar-refractivity contribution in [2.24, 2.45) is 0 Å². The lowest BCUT2D eigenvalue weighted by Crippen LogP contribution is -2.42. The Hall–Kier alpha value is -2.30. The van der Waals surface area contributed by atoms with Crippen molar-refractivity contribution in [1.82, 2.24) is 4.90 Å². The van der Waals surface area contributed by atoms with Crippen molar-refractivity contribution in [3.8, 4) is 0 Å². The lowest BCUT2D eigenvalue weighted by Gasteiger charge is -2.26. The third-order valence-electron chi connectivity index (χ3n) is 3.45. The largest absolute Gasteiger partial charge is 0.478 e. The van der Waals surface area contributed by atoms with E-state index in [1.54, 1.807) is 28.0 Å². The van der Waals surface area contributed by atoms with E-state index in [1.807, 2.05) is 6.92 Å². The van der Waals surface area contributed by atoms with Crippen molar-refractivity contribution in [3.05, 3.63) is 42.0 Å². The van der Waals surface area contributed by atoms with Crippen LogP contribution in [0.15, 0.2) is 30.9 Å². The first-order chi connectivity index (χ1) is 9.58. The molecule has 0 atom stereocenters. The molecule has 2 rings (SSSR count). The normalized spacial score (nSPS) is 12.9. The van der Waals surface area contributed by atoms with E-state index in [2.05, 4.69) is 6.58 Å². The summed E-state index contributed by atoms with van der Waals surface area (Å²) in [7, 11) is 0. The highest BCUT2D eigenvalue weighted by Gasteiger charge is 2.27. The summed E-state index contributed by atoms with van der Waals surface area (Å²) in [6.45, 7) is 7.29. The molecule has 20 heavy (non-hydrogen) atoms. The number of carboxylic acid groups (broad SMARTS) is 1. The number of carboxylic acids is 1. The number of hydrogen-bond acceptors (Lipinski definition) is 2. The molecule has 5 heteroatoms. The van der Waals surface area contributed by atoms with E-state index in [0.29, 0.717) is 26.1 Å². The molecule has 5 nitrogen and oxygen atoms in total. The van der Waals surface area contributed by atoms with Crippen LogP contribution < -0.4 is 4.90 Å². The first-order valence-corrected chi connectivity index (χ1v) is 6.62. The van der Waals surface area contributed by atoms with Gasteiger partial charge in [0, 0.05) is 25.3 Å². The molecule has 1 heterocycles. The minimum Gasteiger partial charge on any atom is -0.478 e. The summed E-state index contributed by atoms with van der Waals surface area (Å²) < 4.78 is 0. The van der Waals surface area contributed by atoms with Gasteiger partial charge in [-0.15, -0.1) is 6.58 Å². The molecule has 1 aliphatic heterocycles. The topological polar surface area (TPSA) is 60.9 Å². The summed E-state index contributed by atoms with van der Waals surface area (Å²) in [4.78, 5) is 26.8. The van der Waals surface area contributed by atoms with Crippen molar-refractivity contribution in [1.29, 1.82) is 0 Å². The highest BCUT2D eigenvalue weighted by molar-refractivity contribution is 5.96.